The second kappa shape index (κ2) is 3.90. The van der Waals surface area contributed by atoms with E-state index in [1.807, 2.05) is 0 Å². The first-order valence-electron chi connectivity index (χ1n) is 3.68. The molecule has 0 bridgehead atoms. The molecule has 0 saturated heterocycles. The Labute approximate surface area is 81.2 Å². The van der Waals surface area contributed by atoms with Gasteiger partial charge >= 0.3 is 18.3 Å². The first kappa shape index (κ1) is 14.0. The molecule has 0 amide bonds. The molecule has 0 N–H and O–H groups in total. The fourth-order valence-electron chi connectivity index (χ4n) is 0.444. The molecule has 15 heavy (non-hydrogen) atoms. The topological polar surface area (TPSA) is 26.3 Å². The van der Waals surface area contributed by atoms with Crippen LogP contribution in [-0.2, 0) is 9.53 Å². The molecule has 0 aromatic carbocycles. The third kappa shape index (κ3) is 3.96. The summed E-state index contributed by atoms with van der Waals surface area (Å²) in [5.41, 5.74) is -2.95. The molecule has 0 aromatic heterocycles. The van der Waals surface area contributed by atoms with Crippen LogP contribution in [0.4, 0.5) is 26.3 Å². The van der Waals surface area contributed by atoms with Crippen LogP contribution in [-0.4, -0.2) is 24.9 Å². The van der Waals surface area contributed by atoms with Gasteiger partial charge in [0, 0.05) is 0 Å². The molecule has 90 valence electrons. The minimum atomic E-state index is -4.95. The first-order valence-corrected chi connectivity index (χ1v) is 3.68. The van der Waals surface area contributed by atoms with E-state index in [0.717, 1.165) is 0 Å². The summed E-state index contributed by atoms with van der Waals surface area (Å²) in [6.45, 7) is -1.12. The van der Waals surface area contributed by atoms with Crippen molar-refractivity contribution in [3.8, 4) is 0 Å². The smallest absolute Gasteiger partial charge is 0.422 e. The molecule has 0 aliphatic heterocycles. The zero-order valence-corrected chi connectivity index (χ0v) is 7.79. The van der Waals surface area contributed by atoms with Crippen molar-refractivity contribution in [2.24, 2.45) is 5.41 Å². The van der Waals surface area contributed by atoms with E-state index in [9.17, 15) is 31.1 Å². The minimum Gasteiger partial charge on any atom is -0.455 e. The van der Waals surface area contributed by atoms with Crippen molar-refractivity contribution in [2.75, 3.05) is 6.61 Å². The molecule has 0 spiro atoms. The number of halogens is 6. The Morgan fingerprint density at radius 1 is 1.07 bits per heavy atom. The Hall–Kier alpha value is -0.950. The van der Waals surface area contributed by atoms with Crippen LogP contribution in [0.15, 0.2) is 0 Å². The molecule has 0 radical (unpaired) electrons. The Bertz CT molecular complexity index is 239. The molecule has 0 aliphatic rings. The van der Waals surface area contributed by atoms with Gasteiger partial charge in [0.2, 0.25) is 0 Å². The van der Waals surface area contributed by atoms with Crippen molar-refractivity contribution in [2.45, 2.75) is 26.2 Å². The summed E-state index contributed by atoms with van der Waals surface area (Å²) in [5.74, 6) is -1.95. The van der Waals surface area contributed by atoms with Crippen LogP contribution in [0.2, 0.25) is 0 Å². The molecule has 0 atom stereocenters. The van der Waals surface area contributed by atoms with E-state index in [-0.39, 0.29) is 0 Å². The highest BCUT2D eigenvalue weighted by Gasteiger charge is 2.54. The number of hydrogen-bond acceptors (Lipinski definition) is 2. The average molecular weight is 238 g/mol. The Morgan fingerprint density at radius 3 is 1.73 bits per heavy atom. The highest BCUT2D eigenvalue weighted by molar-refractivity contribution is 5.76. The van der Waals surface area contributed by atoms with E-state index >= 15 is 0 Å². The zero-order valence-electron chi connectivity index (χ0n) is 7.79. The molecular weight excluding hydrogens is 230 g/mol. The molecule has 8 heteroatoms. The lowest BCUT2D eigenvalue weighted by molar-refractivity contribution is -0.235. The maximum Gasteiger partial charge on any atom is 0.422 e. The SMILES string of the molecule is CC(C)(C(=O)OCC(F)(F)F)C(F)(F)F. The molecule has 0 unspecified atom stereocenters. The van der Waals surface area contributed by atoms with Crippen LogP contribution in [0.5, 0.6) is 0 Å². The summed E-state index contributed by atoms with van der Waals surface area (Å²) < 4.78 is 74.5. The van der Waals surface area contributed by atoms with Crippen molar-refractivity contribution in [3.05, 3.63) is 0 Å². The lowest BCUT2D eigenvalue weighted by atomic mass is 9.93. The van der Waals surface area contributed by atoms with Crippen molar-refractivity contribution in [3.63, 3.8) is 0 Å². The first-order chi connectivity index (χ1) is 6.38. The Morgan fingerprint density at radius 2 is 1.47 bits per heavy atom. The number of carbonyl (C=O) groups is 1. The van der Waals surface area contributed by atoms with Crippen LogP contribution in [0.3, 0.4) is 0 Å². The standard InChI is InChI=1S/C7H8F6O2/c1-5(2,7(11,12)13)4(14)15-3-6(8,9)10/h3H2,1-2H3. The van der Waals surface area contributed by atoms with Crippen molar-refractivity contribution >= 4 is 5.97 Å². The molecule has 2 nitrogen and oxygen atoms in total. The van der Waals surface area contributed by atoms with Gasteiger partial charge in [0.15, 0.2) is 12.0 Å². The summed E-state index contributed by atoms with van der Waals surface area (Å²) in [4.78, 5) is 10.7. The molecule has 0 fully saturated rings. The number of ether oxygens (including phenoxy) is 1. The minimum absolute atomic E-state index is 0.450. The maximum atomic E-state index is 12.1. The normalized spacial score (nSPS) is 13.9. The highest BCUT2D eigenvalue weighted by atomic mass is 19.4. The summed E-state index contributed by atoms with van der Waals surface area (Å²) >= 11 is 0. The Kier molecular flexibility index (Phi) is 3.65. The van der Waals surface area contributed by atoms with Gasteiger partial charge < -0.3 is 4.74 Å². The zero-order chi connectivity index (χ0) is 12.5. The molecule has 0 rings (SSSR count). The predicted molar refractivity (Wildman–Crippen MR) is 36.9 cm³/mol. The van der Waals surface area contributed by atoms with Crippen LogP contribution < -0.4 is 0 Å². The summed E-state index contributed by atoms with van der Waals surface area (Å²) in [6, 6.07) is 0. The number of carbonyl (C=O) groups excluding carboxylic acids is 1. The van der Waals surface area contributed by atoms with Crippen LogP contribution in [0.1, 0.15) is 13.8 Å². The second-order valence-electron chi connectivity index (χ2n) is 3.31. The number of rotatable bonds is 2. The third-order valence-electron chi connectivity index (χ3n) is 1.59. The molecule has 0 aliphatic carbocycles. The van der Waals surface area contributed by atoms with Gasteiger partial charge in [-0.2, -0.15) is 26.3 Å². The largest absolute Gasteiger partial charge is 0.455 e. The number of alkyl halides is 6. The van der Waals surface area contributed by atoms with Crippen molar-refractivity contribution < 1.29 is 35.9 Å². The van der Waals surface area contributed by atoms with Gasteiger partial charge in [0.05, 0.1) is 0 Å². The van der Waals surface area contributed by atoms with Crippen molar-refractivity contribution in [1.82, 2.24) is 0 Å². The van der Waals surface area contributed by atoms with E-state index in [1.54, 1.807) is 0 Å². The van der Waals surface area contributed by atoms with Crippen LogP contribution in [0, 0.1) is 5.41 Å². The lowest BCUT2D eigenvalue weighted by Gasteiger charge is -2.25. The molecule has 0 saturated carbocycles. The highest BCUT2D eigenvalue weighted by Crippen LogP contribution is 2.38. The van der Waals surface area contributed by atoms with Gasteiger partial charge in [-0.25, -0.2) is 0 Å². The van der Waals surface area contributed by atoms with Gasteiger partial charge in [-0.05, 0) is 13.8 Å². The van der Waals surface area contributed by atoms with E-state index in [4.69, 9.17) is 0 Å². The fraction of sp³-hybridized carbons (Fsp3) is 0.857. The monoisotopic (exact) mass is 238 g/mol. The van der Waals surface area contributed by atoms with Gasteiger partial charge in [-0.15, -0.1) is 0 Å². The van der Waals surface area contributed by atoms with E-state index in [0.29, 0.717) is 13.8 Å². The molecule has 0 aromatic rings. The van der Waals surface area contributed by atoms with Crippen LogP contribution in [0.25, 0.3) is 0 Å². The van der Waals surface area contributed by atoms with E-state index < -0.39 is 30.3 Å². The second-order valence-corrected chi connectivity index (χ2v) is 3.31. The predicted octanol–water partition coefficient (Wildman–Crippen LogP) is 2.68. The van der Waals surface area contributed by atoms with Gasteiger partial charge in [-0.1, -0.05) is 0 Å². The van der Waals surface area contributed by atoms with Gasteiger partial charge in [0.1, 0.15) is 0 Å². The number of hydrogen-bond donors (Lipinski definition) is 0. The van der Waals surface area contributed by atoms with Gasteiger partial charge in [0.25, 0.3) is 0 Å². The van der Waals surface area contributed by atoms with Crippen LogP contribution >= 0.6 is 0 Å². The third-order valence-corrected chi connectivity index (χ3v) is 1.59. The quantitative estimate of drug-likeness (QED) is 0.546. The Balaban J connectivity index is 4.47. The average Bonchev–Trinajstić information content (AvgIpc) is 1.96. The van der Waals surface area contributed by atoms with E-state index in [2.05, 4.69) is 4.74 Å². The summed E-state index contributed by atoms with van der Waals surface area (Å²) in [7, 11) is 0. The summed E-state index contributed by atoms with van der Waals surface area (Å²) in [5, 5.41) is 0. The molecule has 0 heterocycles. The number of esters is 1. The van der Waals surface area contributed by atoms with E-state index in [1.165, 1.54) is 0 Å². The van der Waals surface area contributed by atoms with Gasteiger partial charge in [-0.3, -0.25) is 4.79 Å². The maximum absolute atomic E-state index is 12.1. The molecular formula is C7H8F6O2. The summed E-state index contributed by atoms with van der Waals surface area (Å²) in [6.07, 6.45) is -9.78. The van der Waals surface area contributed by atoms with Crippen molar-refractivity contribution in [1.29, 1.82) is 0 Å². The fourth-order valence-corrected chi connectivity index (χ4v) is 0.444. The lowest BCUT2D eigenvalue weighted by Crippen LogP contribution is -2.42.